The van der Waals surface area contributed by atoms with Crippen molar-refractivity contribution in [3.63, 3.8) is 0 Å². The number of ether oxygens (including phenoxy) is 4. The van der Waals surface area contributed by atoms with Crippen LogP contribution in [0.5, 0.6) is 0 Å². The molecule has 4 aliphatic rings. The highest BCUT2D eigenvalue weighted by Gasteiger charge is 2.84. The third-order valence-corrected chi connectivity index (χ3v) is 16.6. The van der Waals surface area contributed by atoms with Gasteiger partial charge in [-0.3, -0.25) is 0 Å². The smallest absolute Gasteiger partial charge is 0.172 e. The van der Waals surface area contributed by atoms with E-state index in [1.54, 1.807) is 0 Å². The summed E-state index contributed by atoms with van der Waals surface area (Å²) in [5, 5.41) is 9.43. The van der Waals surface area contributed by atoms with Crippen LogP contribution in [-0.2, 0) is 41.4 Å². The SMILES string of the molecule is CCCCC1(CCCC)OC23c4cc5ccccc5cc4C4(OC(CCCC)(CCCC)OC45c4cc6ccccc6cc4C2(O1)c1cc2ccccc2cc15)c1cc2ccccc2cc13. The predicted molar refractivity (Wildman–Crippen MR) is 267 cm³/mol. The van der Waals surface area contributed by atoms with E-state index in [1.165, 1.54) is 43.1 Å². The zero-order valence-electron chi connectivity index (χ0n) is 39.0. The van der Waals surface area contributed by atoms with Crippen LogP contribution in [0.2, 0.25) is 0 Å². The quantitative estimate of drug-likeness (QED) is 0.123. The summed E-state index contributed by atoms with van der Waals surface area (Å²) in [7, 11) is 0. The minimum absolute atomic E-state index is 0.783. The molecule has 4 spiro atoms. The lowest BCUT2D eigenvalue weighted by atomic mass is 9.45. The second-order valence-electron chi connectivity index (χ2n) is 20.3. The summed E-state index contributed by atoms with van der Waals surface area (Å²) < 4.78 is 34.3. The molecule has 2 fully saturated rings. The van der Waals surface area contributed by atoms with E-state index in [2.05, 4.69) is 173 Å². The fraction of sp³-hybridized carbons (Fsp3) is 0.355. The van der Waals surface area contributed by atoms with Crippen molar-refractivity contribution >= 4 is 43.1 Å². The first kappa shape index (κ1) is 40.9. The van der Waals surface area contributed by atoms with Gasteiger partial charge in [-0.25, -0.2) is 0 Å². The molecule has 2 aliphatic heterocycles. The summed E-state index contributed by atoms with van der Waals surface area (Å²) in [6.45, 7) is 9.17. The summed E-state index contributed by atoms with van der Waals surface area (Å²) in [6, 6.07) is 55.4. The van der Waals surface area contributed by atoms with Crippen LogP contribution in [0, 0.1) is 0 Å². The van der Waals surface area contributed by atoms with E-state index in [4.69, 9.17) is 18.9 Å². The van der Waals surface area contributed by atoms with Crippen molar-refractivity contribution < 1.29 is 18.9 Å². The molecule has 0 unspecified atom stereocenters. The summed E-state index contributed by atoms with van der Waals surface area (Å²) >= 11 is 0. The molecule has 0 radical (unpaired) electrons. The monoisotopic (exact) mass is 868 g/mol. The Kier molecular flexibility index (Phi) is 9.02. The summed E-state index contributed by atoms with van der Waals surface area (Å²) in [6.07, 6.45) is 11.2. The molecule has 332 valence electrons. The van der Waals surface area contributed by atoms with Gasteiger partial charge in [-0.05, 0) is 162 Å². The highest BCUT2D eigenvalue weighted by Crippen LogP contribution is 2.80. The second-order valence-corrected chi connectivity index (χ2v) is 20.3. The van der Waals surface area contributed by atoms with Gasteiger partial charge < -0.3 is 18.9 Å². The number of hydrogen-bond acceptors (Lipinski definition) is 4. The second kappa shape index (κ2) is 14.6. The Hall–Kier alpha value is -5.36. The van der Waals surface area contributed by atoms with Crippen LogP contribution in [0.1, 0.15) is 149 Å². The van der Waals surface area contributed by atoms with Gasteiger partial charge >= 0.3 is 0 Å². The molecule has 4 heteroatoms. The molecule has 8 aromatic carbocycles. The lowest BCUT2D eigenvalue weighted by Crippen LogP contribution is -2.65. The molecule has 12 rings (SSSR count). The Morgan fingerprint density at radius 1 is 0.273 bits per heavy atom. The number of hydrogen-bond donors (Lipinski definition) is 0. The Morgan fingerprint density at radius 2 is 0.439 bits per heavy atom. The maximum atomic E-state index is 8.58. The molecular weight excluding hydrogens is 809 g/mol. The summed E-state index contributed by atoms with van der Waals surface area (Å²) in [5.74, 6) is -1.82. The molecular formula is C62H60O4. The first-order valence-corrected chi connectivity index (χ1v) is 25.3. The summed E-state index contributed by atoms with van der Waals surface area (Å²) in [4.78, 5) is 0. The van der Waals surface area contributed by atoms with E-state index in [0.717, 1.165) is 122 Å². The van der Waals surface area contributed by atoms with Crippen LogP contribution in [0.15, 0.2) is 146 Å². The van der Waals surface area contributed by atoms with E-state index in [0.29, 0.717) is 0 Å². The standard InChI is InChI=1S/C62H60O4/c1-5-9-29-57(30-10-6-2)63-59-49-33-41-21-13-17-25-45(41)37-53(49)61(54-38-46-26-18-14-22-42(46)34-50(54)59)62(66-58(65-61,31-11-7-3)32-12-8-4)55-39-47-27-19-15-23-43(47)35-51(55)60(59,64-57)52-36-44-24-16-20-28-48(44)40-56(52)62/h13-28,33-40H,5-12,29-32H2,1-4H3. The van der Waals surface area contributed by atoms with Gasteiger partial charge in [-0.1, -0.05) is 150 Å². The van der Waals surface area contributed by atoms with Gasteiger partial charge in [0.15, 0.2) is 34.0 Å². The average Bonchev–Trinajstić information content (AvgIpc) is 3.82. The van der Waals surface area contributed by atoms with E-state index in [9.17, 15) is 0 Å². The van der Waals surface area contributed by atoms with E-state index < -0.39 is 34.0 Å². The van der Waals surface area contributed by atoms with Gasteiger partial charge in [0, 0.05) is 25.7 Å². The number of unbranched alkanes of at least 4 members (excludes halogenated alkanes) is 4. The van der Waals surface area contributed by atoms with Crippen molar-refractivity contribution in [1.29, 1.82) is 0 Å². The molecule has 0 aromatic heterocycles. The molecule has 2 saturated heterocycles. The first-order valence-electron chi connectivity index (χ1n) is 25.3. The Bertz CT molecular complexity index is 2660. The fourth-order valence-corrected chi connectivity index (χ4v) is 13.7. The van der Waals surface area contributed by atoms with Gasteiger partial charge in [-0.2, -0.15) is 0 Å². The van der Waals surface area contributed by atoms with Gasteiger partial charge in [0.25, 0.3) is 0 Å². The molecule has 2 aliphatic carbocycles. The molecule has 8 aromatic rings. The molecule has 0 atom stereocenters. The molecule has 0 amide bonds. The van der Waals surface area contributed by atoms with Crippen molar-refractivity contribution in [3.8, 4) is 0 Å². The van der Waals surface area contributed by atoms with Gasteiger partial charge in [-0.15, -0.1) is 0 Å². The Morgan fingerprint density at radius 3 is 0.591 bits per heavy atom. The lowest BCUT2D eigenvalue weighted by Gasteiger charge is -2.62. The van der Waals surface area contributed by atoms with Crippen LogP contribution >= 0.6 is 0 Å². The van der Waals surface area contributed by atoms with Crippen LogP contribution in [0.4, 0.5) is 0 Å². The zero-order valence-corrected chi connectivity index (χ0v) is 39.0. The molecule has 0 saturated carbocycles. The molecule has 66 heavy (non-hydrogen) atoms. The van der Waals surface area contributed by atoms with E-state index >= 15 is 0 Å². The van der Waals surface area contributed by atoms with Gasteiger partial charge in [0.05, 0.1) is 0 Å². The molecule has 2 heterocycles. The van der Waals surface area contributed by atoms with E-state index in [-0.39, 0.29) is 0 Å². The average molecular weight is 869 g/mol. The third kappa shape index (κ3) is 5.04. The Balaban J connectivity index is 1.33. The summed E-state index contributed by atoms with van der Waals surface area (Å²) in [5.41, 5.74) is 4.44. The van der Waals surface area contributed by atoms with Crippen molar-refractivity contribution in [3.05, 3.63) is 190 Å². The van der Waals surface area contributed by atoms with E-state index in [1.807, 2.05) is 0 Å². The number of benzene rings is 8. The van der Waals surface area contributed by atoms with Crippen molar-refractivity contribution in [1.82, 2.24) is 0 Å². The van der Waals surface area contributed by atoms with Crippen LogP contribution < -0.4 is 0 Å². The van der Waals surface area contributed by atoms with Crippen LogP contribution in [-0.4, -0.2) is 11.6 Å². The lowest BCUT2D eigenvalue weighted by molar-refractivity contribution is -0.211. The van der Waals surface area contributed by atoms with Gasteiger partial charge in [0.2, 0.25) is 0 Å². The topological polar surface area (TPSA) is 36.9 Å². The van der Waals surface area contributed by atoms with Crippen LogP contribution in [0.3, 0.4) is 0 Å². The highest BCUT2D eigenvalue weighted by molar-refractivity contribution is 5.95. The van der Waals surface area contributed by atoms with Crippen molar-refractivity contribution in [2.45, 2.75) is 139 Å². The first-order chi connectivity index (χ1) is 32.3. The minimum Gasteiger partial charge on any atom is -0.330 e. The third-order valence-electron chi connectivity index (χ3n) is 16.6. The molecule has 4 nitrogen and oxygen atoms in total. The largest absolute Gasteiger partial charge is 0.330 e. The number of rotatable bonds is 12. The fourth-order valence-electron chi connectivity index (χ4n) is 13.7. The normalized spacial score (nSPS) is 25.6. The Labute approximate surface area is 389 Å². The van der Waals surface area contributed by atoms with Crippen molar-refractivity contribution in [2.75, 3.05) is 0 Å². The van der Waals surface area contributed by atoms with Gasteiger partial charge in [0.1, 0.15) is 0 Å². The van der Waals surface area contributed by atoms with Crippen molar-refractivity contribution in [2.24, 2.45) is 0 Å². The molecule has 0 N–H and O–H groups in total. The highest BCUT2D eigenvalue weighted by atomic mass is 16.8. The molecule has 0 bridgehead atoms. The van der Waals surface area contributed by atoms with Crippen LogP contribution in [0.25, 0.3) is 43.1 Å². The maximum absolute atomic E-state index is 8.58. The number of fused-ring (bicyclic) bond motifs is 18. The maximum Gasteiger partial charge on any atom is 0.172 e. The predicted octanol–water partition coefficient (Wildman–Crippen LogP) is 15.9. The minimum atomic E-state index is -1.15. The zero-order chi connectivity index (χ0) is 44.5.